The van der Waals surface area contributed by atoms with E-state index in [-0.39, 0.29) is 12.0 Å². The summed E-state index contributed by atoms with van der Waals surface area (Å²) in [6, 6.07) is 15.8. The molecule has 2 aromatic carbocycles. The predicted molar refractivity (Wildman–Crippen MR) is 117 cm³/mol. The van der Waals surface area contributed by atoms with Gasteiger partial charge in [-0.3, -0.25) is 0 Å². The molecule has 138 valence electrons. The van der Waals surface area contributed by atoms with E-state index in [0.29, 0.717) is 10.1 Å². The molecule has 0 spiro atoms. The first-order valence-electron chi connectivity index (χ1n) is 8.92. The van der Waals surface area contributed by atoms with E-state index >= 15 is 0 Å². The second-order valence-corrected chi connectivity index (χ2v) is 8.18. The van der Waals surface area contributed by atoms with Crippen molar-refractivity contribution in [2.45, 2.75) is 25.3 Å². The highest BCUT2D eigenvalue weighted by molar-refractivity contribution is 7.80. The van der Waals surface area contributed by atoms with Gasteiger partial charge < -0.3 is 5.73 Å². The van der Waals surface area contributed by atoms with Gasteiger partial charge in [0, 0.05) is 16.0 Å². The quantitative estimate of drug-likeness (QED) is 0.626. The molecule has 2 atom stereocenters. The van der Waals surface area contributed by atoms with Gasteiger partial charge in [0.1, 0.15) is 0 Å². The van der Waals surface area contributed by atoms with Crippen molar-refractivity contribution in [1.29, 1.82) is 0 Å². The van der Waals surface area contributed by atoms with Gasteiger partial charge in [-0.1, -0.05) is 47.5 Å². The van der Waals surface area contributed by atoms with Crippen molar-refractivity contribution < 1.29 is 0 Å². The summed E-state index contributed by atoms with van der Waals surface area (Å²) < 4.78 is 0. The Labute approximate surface area is 174 Å². The number of rotatable bonds is 2. The fraction of sp³-hybridized carbons (Fsp3) is 0.238. The number of allylic oxidation sites excluding steroid dienone is 1. The smallest absolute Gasteiger partial charge is 0.187 e. The molecule has 2 aromatic rings. The molecule has 0 unspecified atom stereocenters. The van der Waals surface area contributed by atoms with E-state index in [0.717, 1.165) is 41.1 Å². The summed E-state index contributed by atoms with van der Waals surface area (Å²) in [5.74, 6) is 0.264. The summed E-state index contributed by atoms with van der Waals surface area (Å²) in [4.78, 5) is 0. The summed E-state index contributed by atoms with van der Waals surface area (Å²) >= 11 is 17.4. The van der Waals surface area contributed by atoms with Crippen LogP contribution < -0.4 is 5.73 Å². The number of benzene rings is 2. The zero-order valence-corrected chi connectivity index (χ0v) is 16.9. The highest BCUT2D eigenvalue weighted by atomic mass is 35.5. The Morgan fingerprint density at radius 1 is 1.07 bits per heavy atom. The fourth-order valence-electron chi connectivity index (χ4n) is 3.94. The number of hydrogen-bond donors (Lipinski definition) is 1. The third-order valence-electron chi connectivity index (χ3n) is 5.15. The van der Waals surface area contributed by atoms with E-state index in [1.54, 1.807) is 5.01 Å². The maximum Gasteiger partial charge on any atom is 0.187 e. The van der Waals surface area contributed by atoms with Crippen LogP contribution in [0, 0.1) is 5.92 Å². The monoisotopic (exact) mass is 415 g/mol. The van der Waals surface area contributed by atoms with Crippen molar-refractivity contribution in [3.05, 3.63) is 75.3 Å². The molecule has 27 heavy (non-hydrogen) atoms. The number of hydrogen-bond acceptors (Lipinski definition) is 2. The van der Waals surface area contributed by atoms with Crippen molar-refractivity contribution in [3.8, 4) is 0 Å². The van der Waals surface area contributed by atoms with Crippen LogP contribution in [0.25, 0.3) is 6.08 Å². The number of nitrogens with zero attached hydrogens (tertiary/aromatic N) is 2. The lowest BCUT2D eigenvalue weighted by Crippen LogP contribution is -2.34. The van der Waals surface area contributed by atoms with Gasteiger partial charge in [-0.2, -0.15) is 5.10 Å². The Morgan fingerprint density at radius 3 is 2.33 bits per heavy atom. The maximum atomic E-state index is 6.07. The minimum atomic E-state index is 0.0173. The van der Waals surface area contributed by atoms with E-state index in [1.165, 1.54) is 5.57 Å². The van der Waals surface area contributed by atoms with Gasteiger partial charge in [0.2, 0.25) is 0 Å². The molecule has 1 saturated carbocycles. The van der Waals surface area contributed by atoms with Crippen molar-refractivity contribution in [1.82, 2.24) is 5.01 Å². The number of halogens is 2. The van der Waals surface area contributed by atoms with E-state index in [9.17, 15) is 0 Å². The van der Waals surface area contributed by atoms with Crippen LogP contribution in [-0.4, -0.2) is 15.8 Å². The van der Waals surface area contributed by atoms with E-state index in [1.807, 2.05) is 48.5 Å². The first-order chi connectivity index (χ1) is 13.0. The molecule has 2 aliphatic rings. The molecule has 6 heteroatoms. The van der Waals surface area contributed by atoms with Gasteiger partial charge in [0.15, 0.2) is 5.11 Å². The van der Waals surface area contributed by atoms with Crippen LogP contribution in [-0.2, 0) is 0 Å². The predicted octanol–water partition coefficient (Wildman–Crippen LogP) is 5.83. The summed E-state index contributed by atoms with van der Waals surface area (Å²) in [5.41, 5.74) is 10.6. The highest BCUT2D eigenvalue weighted by Gasteiger charge is 2.42. The summed E-state index contributed by atoms with van der Waals surface area (Å²) in [6.07, 6.45) is 5.36. The maximum absolute atomic E-state index is 6.07. The van der Waals surface area contributed by atoms with E-state index in [4.69, 9.17) is 46.3 Å². The van der Waals surface area contributed by atoms with Crippen LogP contribution >= 0.6 is 35.4 Å². The normalized spacial score (nSPS) is 23.3. The summed E-state index contributed by atoms with van der Waals surface area (Å²) in [7, 11) is 0. The molecule has 2 N–H and O–H groups in total. The Hall–Kier alpha value is -1.88. The van der Waals surface area contributed by atoms with Crippen molar-refractivity contribution in [3.63, 3.8) is 0 Å². The van der Waals surface area contributed by atoms with Crippen molar-refractivity contribution >= 4 is 52.3 Å². The largest absolute Gasteiger partial charge is 0.375 e. The number of hydrazone groups is 1. The van der Waals surface area contributed by atoms with Gasteiger partial charge in [-0.15, -0.1) is 0 Å². The molecular formula is C21H19Cl2N3S. The van der Waals surface area contributed by atoms with Gasteiger partial charge in [-0.05, 0) is 78.5 Å². The van der Waals surface area contributed by atoms with Crippen LogP contribution in [0.4, 0.5) is 0 Å². The molecule has 0 amide bonds. The molecule has 4 rings (SSSR count). The van der Waals surface area contributed by atoms with Crippen LogP contribution in [0.2, 0.25) is 10.0 Å². The van der Waals surface area contributed by atoms with Crippen LogP contribution in [0.5, 0.6) is 0 Å². The first kappa shape index (κ1) is 18.5. The first-order valence-corrected chi connectivity index (χ1v) is 10.1. The lowest BCUT2D eigenvalue weighted by molar-refractivity contribution is 0.305. The molecule has 1 aliphatic heterocycles. The minimum absolute atomic E-state index is 0.0173. The second-order valence-electron chi connectivity index (χ2n) is 6.88. The Morgan fingerprint density at radius 2 is 1.70 bits per heavy atom. The molecule has 3 nitrogen and oxygen atoms in total. The van der Waals surface area contributed by atoms with E-state index < -0.39 is 0 Å². The SMILES string of the molecule is NC(=S)N1N=C2/C(=C/c3ccc(Cl)cc3)CCC[C@@H]2[C@H]1c1ccc(Cl)cc1. The van der Waals surface area contributed by atoms with Crippen LogP contribution in [0.1, 0.15) is 36.4 Å². The molecule has 0 saturated heterocycles. The second kappa shape index (κ2) is 7.63. The van der Waals surface area contributed by atoms with Crippen molar-refractivity contribution in [2.75, 3.05) is 0 Å². The lowest BCUT2D eigenvalue weighted by Gasteiger charge is -2.29. The fourth-order valence-corrected chi connectivity index (χ4v) is 4.34. The number of fused-ring (bicyclic) bond motifs is 1. The lowest BCUT2D eigenvalue weighted by atomic mass is 9.77. The van der Waals surface area contributed by atoms with Crippen LogP contribution in [0.3, 0.4) is 0 Å². The zero-order valence-electron chi connectivity index (χ0n) is 14.6. The number of thiocarbonyl (C=S) groups is 1. The Balaban J connectivity index is 1.72. The van der Waals surface area contributed by atoms with Gasteiger partial charge in [0.25, 0.3) is 0 Å². The molecule has 1 heterocycles. The van der Waals surface area contributed by atoms with Gasteiger partial charge >= 0.3 is 0 Å². The van der Waals surface area contributed by atoms with Crippen molar-refractivity contribution in [2.24, 2.45) is 16.8 Å². The Bertz CT molecular complexity index is 919. The number of nitrogens with two attached hydrogens (primary N) is 1. The molecule has 1 fully saturated rings. The summed E-state index contributed by atoms with van der Waals surface area (Å²) in [6.45, 7) is 0. The molecule has 0 bridgehead atoms. The topological polar surface area (TPSA) is 41.6 Å². The van der Waals surface area contributed by atoms with Gasteiger partial charge in [0.05, 0.1) is 11.8 Å². The molecular weight excluding hydrogens is 397 g/mol. The van der Waals surface area contributed by atoms with Gasteiger partial charge in [-0.25, -0.2) is 5.01 Å². The standard InChI is InChI=1S/C21H19Cl2N3S/c22-16-8-4-13(5-9-16)12-15-2-1-3-18-19(15)25-26(21(24)27)20(18)14-6-10-17(23)11-7-14/h4-12,18,20H,1-3H2,(H2,24,27)/b15-12+/t18-,20+/m0/s1. The van der Waals surface area contributed by atoms with E-state index in [2.05, 4.69) is 6.08 Å². The Kier molecular flexibility index (Phi) is 5.22. The molecule has 0 radical (unpaired) electrons. The average molecular weight is 416 g/mol. The third-order valence-corrected chi connectivity index (χ3v) is 5.84. The summed E-state index contributed by atoms with van der Waals surface area (Å²) in [5, 5.41) is 8.38. The molecule has 1 aliphatic carbocycles. The minimum Gasteiger partial charge on any atom is -0.375 e. The molecule has 0 aromatic heterocycles. The zero-order chi connectivity index (χ0) is 19.0. The van der Waals surface area contributed by atoms with Crippen LogP contribution in [0.15, 0.2) is 59.2 Å². The highest BCUT2D eigenvalue weighted by Crippen LogP contribution is 2.44. The third kappa shape index (κ3) is 3.75. The average Bonchev–Trinajstić information content (AvgIpc) is 3.05.